The molecule has 0 aliphatic carbocycles. The lowest BCUT2D eigenvalue weighted by Crippen LogP contribution is -2.40. The van der Waals surface area contributed by atoms with Gasteiger partial charge in [-0.25, -0.2) is 9.37 Å². The zero-order valence-corrected chi connectivity index (χ0v) is 15.6. The van der Waals surface area contributed by atoms with E-state index in [4.69, 9.17) is 0 Å². The first-order valence-electron chi connectivity index (χ1n) is 8.56. The van der Waals surface area contributed by atoms with Crippen LogP contribution in [0.25, 0.3) is 10.4 Å². The lowest BCUT2D eigenvalue weighted by atomic mass is 10.1. The highest BCUT2D eigenvalue weighted by Gasteiger charge is 2.27. The van der Waals surface area contributed by atoms with E-state index >= 15 is 0 Å². The van der Waals surface area contributed by atoms with Crippen molar-refractivity contribution in [1.82, 2.24) is 9.88 Å². The summed E-state index contributed by atoms with van der Waals surface area (Å²) in [5, 5.41) is 0.846. The zero-order valence-electron chi connectivity index (χ0n) is 14.8. The number of amides is 1. The van der Waals surface area contributed by atoms with Gasteiger partial charge in [0.15, 0.2) is 0 Å². The fourth-order valence-electron chi connectivity index (χ4n) is 2.93. The summed E-state index contributed by atoms with van der Waals surface area (Å²) < 4.78 is 13.2. The molecule has 0 fully saturated rings. The molecule has 0 atom stereocenters. The molecular formula is C19H25FN2OS. The molecule has 0 saturated heterocycles. The van der Waals surface area contributed by atoms with Gasteiger partial charge in [-0.1, -0.05) is 32.9 Å². The van der Waals surface area contributed by atoms with Gasteiger partial charge in [0, 0.05) is 12.6 Å². The topological polar surface area (TPSA) is 33.2 Å². The minimum atomic E-state index is -0.280. The molecule has 2 rings (SSSR count). The lowest BCUT2D eigenvalue weighted by molar-refractivity contribution is 0.0663. The Kier molecular flexibility index (Phi) is 6.49. The fourth-order valence-corrected chi connectivity index (χ4v) is 3.84. The van der Waals surface area contributed by atoms with Gasteiger partial charge in [0.05, 0.1) is 9.88 Å². The monoisotopic (exact) mass is 348 g/mol. The van der Waals surface area contributed by atoms with Crippen molar-refractivity contribution in [3.63, 3.8) is 0 Å². The molecule has 1 heterocycles. The van der Waals surface area contributed by atoms with Crippen molar-refractivity contribution >= 4 is 17.2 Å². The van der Waals surface area contributed by atoms with E-state index in [1.807, 2.05) is 11.8 Å². The fraction of sp³-hybridized carbons (Fsp3) is 0.474. The van der Waals surface area contributed by atoms with Gasteiger partial charge in [-0.2, -0.15) is 0 Å². The molecule has 3 nitrogen and oxygen atoms in total. The second-order valence-electron chi connectivity index (χ2n) is 5.89. The Balaban J connectivity index is 2.43. The van der Waals surface area contributed by atoms with Crippen LogP contribution in [0.15, 0.2) is 24.3 Å². The van der Waals surface area contributed by atoms with E-state index in [1.165, 1.54) is 23.5 Å². The van der Waals surface area contributed by atoms with Gasteiger partial charge >= 0.3 is 0 Å². The van der Waals surface area contributed by atoms with Gasteiger partial charge in [0.2, 0.25) is 0 Å². The maximum absolute atomic E-state index is 13.2. The van der Waals surface area contributed by atoms with Crippen LogP contribution in [-0.4, -0.2) is 28.4 Å². The Morgan fingerprint density at radius 1 is 1.21 bits per heavy atom. The van der Waals surface area contributed by atoms with E-state index in [-0.39, 0.29) is 17.8 Å². The number of rotatable bonds is 7. The Morgan fingerprint density at radius 2 is 1.83 bits per heavy atom. The standard InChI is InChI=1S/C19H25FN2OS/c1-5-12-22(16(6-2)7-3)19(23)17-18(24-13(4)21-17)14-8-10-15(20)11-9-14/h8-11,16H,5-7,12H2,1-4H3. The molecule has 0 N–H and O–H groups in total. The highest BCUT2D eigenvalue weighted by molar-refractivity contribution is 7.15. The smallest absolute Gasteiger partial charge is 0.274 e. The SMILES string of the molecule is CCCN(C(=O)c1nc(C)sc1-c1ccc(F)cc1)C(CC)CC. The van der Waals surface area contributed by atoms with Crippen LogP contribution in [0, 0.1) is 12.7 Å². The normalized spacial score (nSPS) is 11.1. The van der Waals surface area contributed by atoms with Gasteiger partial charge in [0.25, 0.3) is 5.91 Å². The summed E-state index contributed by atoms with van der Waals surface area (Å²) in [6.45, 7) is 8.92. The van der Waals surface area contributed by atoms with Crippen molar-refractivity contribution < 1.29 is 9.18 Å². The van der Waals surface area contributed by atoms with Gasteiger partial charge in [-0.15, -0.1) is 11.3 Å². The number of thiazole rings is 1. The summed E-state index contributed by atoms with van der Waals surface area (Å²) >= 11 is 1.48. The van der Waals surface area contributed by atoms with E-state index in [0.717, 1.165) is 41.3 Å². The zero-order chi connectivity index (χ0) is 17.7. The number of aryl methyl sites for hydroxylation is 1. The summed E-state index contributed by atoms with van der Waals surface area (Å²) in [4.78, 5) is 20.4. The first-order chi connectivity index (χ1) is 11.5. The average molecular weight is 348 g/mol. The summed E-state index contributed by atoms with van der Waals surface area (Å²) in [6.07, 6.45) is 2.77. The predicted octanol–water partition coefficient (Wildman–Crippen LogP) is 5.30. The van der Waals surface area contributed by atoms with Crippen LogP contribution in [0.5, 0.6) is 0 Å². The molecule has 0 spiro atoms. The van der Waals surface area contributed by atoms with Crippen molar-refractivity contribution in [2.24, 2.45) is 0 Å². The van der Waals surface area contributed by atoms with Crippen LogP contribution < -0.4 is 0 Å². The van der Waals surface area contributed by atoms with E-state index < -0.39 is 0 Å². The third-order valence-corrected chi connectivity index (χ3v) is 5.17. The Morgan fingerprint density at radius 3 is 2.38 bits per heavy atom. The van der Waals surface area contributed by atoms with E-state index in [2.05, 4.69) is 25.8 Å². The lowest BCUT2D eigenvalue weighted by Gasteiger charge is -2.30. The second kappa shape index (κ2) is 8.38. The minimum absolute atomic E-state index is 0.0192. The number of hydrogen-bond acceptors (Lipinski definition) is 3. The molecule has 0 unspecified atom stereocenters. The summed E-state index contributed by atoms with van der Waals surface area (Å²) in [5.41, 5.74) is 1.33. The number of carbonyl (C=O) groups is 1. The Bertz CT molecular complexity index is 677. The summed E-state index contributed by atoms with van der Waals surface area (Å²) in [5.74, 6) is -0.299. The van der Waals surface area contributed by atoms with Crippen molar-refractivity contribution in [3.8, 4) is 10.4 Å². The average Bonchev–Trinajstić information content (AvgIpc) is 2.97. The van der Waals surface area contributed by atoms with Crippen LogP contribution in [0.4, 0.5) is 4.39 Å². The molecule has 0 bridgehead atoms. The van der Waals surface area contributed by atoms with Crippen molar-refractivity contribution in [2.75, 3.05) is 6.54 Å². The number of aromatic nitrogens is 1. The van der Waals surface area contributed by atoms with Gasteiger partial charge in [-0.3, -0.25) is 4.79 Å². The molecule has 0 saturated carbocycles. The predicted molar refractivity (Wildman–Crippen MR) is 97.9 cm³/mol. The molecule has 0 aliphatic heterocycles. The van der Waals surface area contributed by atoms with Gasteiger partial charge < -0.3 is 4.90 Å². The van der Waals surface area contributed by atoms with Crippen LogP contribution >= 0.6 is 11.3 Å². The summed E-state index contributed by atoms with van der Waals surface area (Å²) in [7, 11) is 0. The van der Waals surface area contributed by atoms with Crippen molar-refractivity contribution in [1.29, 1.82) is 0 Å². The molecule has 5 heteroatoms. The third kappa shape index (κ3) is 4.01. The molecule has 130 valence electrons. The quantitative estimate of drug-likeness (QED) is 0.680. The van der Waals surface area contributed by atoms with E-state index in [0.29, 0.717) is 5.69 Å². The number of halogens is 1. The minimum Gasteiger partial charge on any atom is -0.334 e. The van der Waals surface area contributed by atoms with Crippen LogP contribution in [0.1, 0.15) is 55.5 Å². The number of nitrogens with zero attached hydrogens (tertiary/aromatic N) is 2. The Labute approximate surface area is 147 Å². The molecule has 1 aromatic carbocycles. The van der Waals surface area contributed by atoms with E-state index in [1.54, 1.807) is 12.1 Å². The first-order valence-corrected chi connectivity index (χ1v) is 9.37. The molecule has 1 amide bonds. The molecule has 0 radical (unpaired) electrons. The number of hydrogen-bond donors (Lipinski definition) is 0. The van der Waals surface area contributed by atoms with Gasteiger partial charge in [0.1, 0.15) is 11.5 Å². The number of carbonyl (C=O) groups excluding carboxylic acids is 1. The highest BCUT2D eigenvalue weighted by atomic mass is 32.1. The van der Waals surface area contributed by atoms with Crippen LogP contribution in [0.2, 0.25) is 0 Å². The molecule has 24 heavy (non-hydrogen) atoms. The third-order valence-electron chi connectivity index (χ3n) is 4.15. The van der Waals surface area contributed by atoms with Crippen molar-refractivity contribution in [3.05, 3.63) is 40.8 Å². The van der Waals surface area contributed by atoms with Crippen LogP contribution in [0.3, 0.4) is 0 Å². The second-order valence-corrected chi connectivity index (χ2v) is 7.09. The molecule has 2 aromatic rings. The largest absolute Gasteiger partial charge is 0.334 e. The van der Waals surface area contributed by atoms with E-state index in [9.17, 15) is 9.18 Å². The maximum Gasteiger partial charge on any atom is 0.274 e. The van der Waals surface area contributed by atoms with Crippen LogP contribution in [-0.2, 0) is 0 Å². The maximum atomic E-state index is 13.2. The first kappa shape index (κ1) is 18.6. The van der Waals surface area contributed by atoms with Crippen molar-refractivity contribution in [2.45, 2.75) is 53.0 Å². The highest BCUT2D eigenvalue weighted by Crippen LogP contribution is 2.31. The Hall–Kier alpha value is -1.75. The van der Waals surface area contributed by atoms with Gasteiger partial charge in [-0.05, 0) is 43.9 Å². The molecular weight excluding hydrogens is 323 g/mol. The molecule has 0 aliphatic rings. The molecule has 1 aromatic heterocycles. The number of benzene rings is 1. The summed E-state index contributed by atoms with van der Waals surface area (Å²) in [6, 6.07) is 6.48.